The van der Waals surface area contributed by atoms with Gasteiger partial charge in [-0.2, -0.15) is 4.98 Å². The van der Waals surface area contributed by atoms with E-state index in [9.17, 15) is 9.90 Å². The second-order valence-electron chi connectivity index (χ2n) is 3.80. The van der Waals surface area contributed by atoms with Crippen LogP contribution >= 0.6 is 0 Å². The summed E-state index contributed by atoms with van der Waals surface area (Å²) in [7, 11) is 0. The lowest BCUT2D eigenvalue weighted by Gasteiger charge is -2.15. The van der Waals surface area contributed by atoms with Crippen LogP contribution in [0.5, 0.6) is 0 Å². The number of nitrogens with two attached hydrogens (primary N) is 1. The van der Waals surface area contributed by atoms with E-state index in [0.717, 1.165) is 0 Å². The van der Waals surface area contributed by atoms with Gasteiger partial charge < -0.3 is 20.7 Å². The molecule has 0 saturated carbocycles. The normalized spacial score (nSPS) is 19.5. The van der Waals surface area contributed by atoms with Gasteiger partial charge >= 0.3 is 5.69 Å². The molecule has 4 N–H and O–H groups in total. The van der Waals surface area contributed by atoms with Crippen molar-refractivity contribution in [1.82, 2.24) is 9.55 Å². The molecule has 0 bridgehead atoms. The summed E-state index contributed by atoms with van der Waals surface area (Å²) < 4.78 is 6.49. The van der Waals surface area contributed by atoms with E-state index >= 15 is 0 Å². The number of nitrogen functional groups attached to an aromatic ring is 1. The predicted octanol–water partition coefficient (Wildman–Crippen LogP) is -0.185. The Morgan fingerprint density at radius 2 is 2.41 bits per heavy atom. The first kappa shape index (κ1) is 11.5. The molecule has 2 heterocycles. The molecular weight excluding hydrogens is 226 g/mol. The first-order valence-corrected chi connectivity index (χ1v) is 5.06. The summed E-state index contributed by atoms with van der Waals surface area (Å²) in [6.45, 7) is 1.31. The Kier molecular flexibility index (Phi) is 2.76. The van der Waals surface area contributed by atoms with Gasteiger partial charge in [-0.15, -0.1) is 0 Å². The number of ether oxygens (including phenoxy) is 1. The van der Waals surface area contributed by atoms with Crippen LogP contribution in [0.2, 0.25) is 0 Å². The highest BCUT2D eigenvalue weighted by atomic mass is 16.5. The molecule has 2 rings (SSSR count). The first-order valence-electron chi connectivity index (χ1n) is 5.06. The number of aromatic nitrogens is 2. The zero-order chi connectivity index (χ0) is 12.6. The van der Waals surface area contributed by atoms with Crippen LogP contribution in [0.25, 0.3) is 0 Å². The van der Waals surface area contributed by atoms with Crippen molar-refractivity contribution in [3.05, 3.63) is 33.8 Å². The van der Waals surface area contributed by atoms with Crippen LogP contribution in [0.3, 0.4) is 0 Å². The number of hydrogen-bond donors (Lipinski definition) is 3. The number of aryl methyl sites for hydroxylation is 1. The molecule has 0 spiro atoms. The second-order valence-corrected chi connectivity index (χ2v) is 3.80. The molecule has 0 aromatic carbocycles. The molecular formula is C10H13N3O4. The minimum Gasteiger partial charge on any atom is -0.508 e. The highest BCUT2D eigenvalue weighted by Crippen LogP contribution is 2.29. The van der Waals surface area contributed by atoms with Crippen LogP contribution in [0.1, 0.15) is 18.2 Å². The van der Waals surface area contributed by atoms with Crippen LogP contribution in [0.15, 0.2) is 22.5 Å². The Labute approximate surface area is 96.8 Å². The monoisotopic (exact) mass is 239 g/mol. The quantitative estimate of drug-likeness (QED) is 0.660. The number of hydrogen-bond acceptors (Lipinski definition) is 6. The van der Waals surface area contributed by atoms with Crippen LogP contribution in [-0.2, 0) is 4.74 Å². The van der Waals surface area contributed by atoms with Crippen molar-refractivity contribution in [3.8, 4) is 0 Å². The van der Waals surface area contributed by atoms with Crippen molar-refractivity contribution in [2.75, 3.05) is 12.3 Å². The smallest absolute Gasteiger partial charge is 0.352 e. The van der Waals surface area contributed by atoms with Crippen molar-refractivity contribution in [2.24, 2.45) is 0 Å². The Hall–Kier alpha value is -2.02. The number of rotatable bonds is 2. The minimum atomic E-state index is -0.684. The summed E-state index contributed by atoms with van der Waals surface area (Å²) in [5.74, 6) is 0.194. The highest BCUT2D eigenvalue weighted by Gasteiger charge is 2.27. The van der Waals surface area contributed by atoms with E-state index in [1.54, 1.807) is 6.92 Å². The molecule has 1 aromatic heterocycles. The van der Waals surface area contributed by atoms with Gasteiger partial charge in [-0.25, -0.2) is 4.79 Å². The molecule has 0 radical (unpaired) electrons. The van der Waals surface area contributed by atoms with Crippen LogP contribution in [0, 0.1) is 6.92 Å². The van der Waals surface area contributed by atoms with Gasteiger partial charge in [-0.1, -0.05) is 0 Å². The van der Waals surface area contributed by atoms with E-state index in [1.807, 2.05) is 0 Å². The van der Waals surface area contributed by atoms with Crippen LogP contribution in [0.4, 0.5) is 5.82 Å². The molecule has 0 saturated heterocycles. The van der Waals surface area contributed by atoms with Gasteiger partial charge in [0.05, 0.1) is 6.42 Å². The first-order chi connectivity index (χ1) is 8.02. The van der Waals surface area contributed by atoms with Gasteiger partial charge in [0.2, 0.25) is 0 Å². The van der Waals surface area contributed by atoms with E-state index < -0.39 is 18.5 Å². The summed E-state index contributed by atoms with van der Waals surface area (Å²) in [6.07, 6.45) is 0.959. The molecule has 0 aliphatic carbocycles. The highest BCUT2D eigenvalue weighted by molar-refractivity contribution is 5.35. The number of aliphatic hydroxyl groups excluding tert-OH is 2. The molecule has 17 heavy (non-hydrogen) atoms. The van der Waals surface area contributed by atoms with Gasteiger partial charge in [-0.05, 0) is 6.92 Å². The van der Waals surface area contributed by atoms with Gasteiger partial charge in [0.1, 0.15) is 18.2 Å². The fourth-order valence-electron chi connectivity index (χ4n) is 1.62. The van der Waals surface area contributed by atoms with E-state index in [-0.39, 0.29) is 23.8 Å². The lowest BCUT2D eigenvalue weighted by molar-refractivity contribution is 0.0592. The van der Waals surface area contributed by atoms with Crippen LogP contribution in [-0.4, -0.2) is 26.4 Å². The maximum atomic E-state index is 11.6. The van der Waals surface area contributed by atoms with Crippen LogP contribution < -0.4 is 11.4 Å². The summed E-state index contributed by atoms with van der Waals surface area (Å²) in [5, 5.41) is 18.4. The molecule has 1 aliphatic rings. The second kappa shape index (κ2) is 4.10. The van der Waals surface area contributed by atoms with Crippen molar-refractivity contribution < 1.29 is 14.9 Å². The Morgan fingerprint density at radius 3 is 3.00 bits per heavy atom. The van der Waals surface area contributed by atoms with Gasteiger partial charge in [0, 0.05) is 11.8 Å². The van der Waals surface area contributed by atoms with Gasteiger partial charge in [0.25, 0.3) is 0 Å². The zero-order valence-electron chi connectivity index (χ0n) is 9.25. The Bertz CT molecular complexity index is 535. The number of aliphatic hydroxyl groups is 2. The fraction of sp³-hybridized carbons (Fsp3) is 0.400. The largest absolute Gasteiger partial charge is 0.508 e. The number of nitrogens with zero attached hydrogens (tertiary/aromatic N) is 2. The molecule has 1 atom stereocenters. The summed E-state index contributed by atoms with van der Waals surface area (Å²) >= 11 is 0. The minimum absolute atomic E-state index is 0.0566. The third kappa shape index (κ3) is 1.96. The van der Waals surface area contributed by atoms with Crippen molar-refractivity contribution in [2.45, 2.75) is 19.6 Å². The average Bonchev–Trinajstić information content (AvgIpc) is 2.65. The zero-order valence-corrected chi connectivity index (χ0v) is 9.25. The van der Waals surface area contributed by atoms with E-state index in [2.05, 4.69) is 4.98 Å². The molecule has 92 valence electrons. The van der Waals surface area contributed by atoms with Crippen molar-refractivity contribution in [1.29, 1.82) is 0 Å². The van der Waals surface area contributed by atoms with Gasteiger partial charge in [-0.3, -0.25) is 4.57 Å². The third-order valence-corrected chi connectivity index (χ3v) is 2.60. The fourth-order valence-corrected chi connectivity index (χ4v) is 1.62. The standard InChI is InChI=1S/C10H13N3O4/c1-5-3-13(10(16)12-9(5)11)8-2-6(15)7(4-14)17-8/h3,8,14-15H,2,4H2,1H3,(H2,11,12,16)/t8-/m1/s1. The molecule has 0 fully saturated rings. The molecule has 0 unspecified atom stereocenters. The summed E-state index contributed by atoms with van der Waals surface area (Å²) in [5.41, 5.74) is 5.60. The van der Waals surface area contributed by atoms with E-state index in [4.69, 9.17) is 15.6 Å². The molecule has 1 aromatic rings. The Balaban J connectivity index is 2.33. The average molecular weight is 239 g/mol. The maximum absolute atomic E-state index is 11.6. The van der Waals surface area contributed by atoms with Gasteiger partial charge in [0.15, 0.2) is 12.0 Å². The Morgan fingerprint density at radius 1 is 1.71 bits per heavy atom. The number of anilines is 1. The van der Waals surface area contributed by atoms with E-state index in [0.29, 0.717) is 5.56 Å². The molecule has 7 nitrogen and oxygen atoms in total. The van der Waals surface area contributed by atoms with Crippen molar-refractivity contribution in [3.63, 3.8) is 0 Å². The van der Waals surface area contributed by atoms with E-state index in [1.165, 1.54) is 10.8 Å². The summed E-state index contributed by atoms with van der Waals surface area (Å²) in [4.78, 5) is 15.2. The third-order valence-electron chi connectivity index (χ3n) is 2.60. The molecule has 7 heteroatoms. The predicted molar refractivity (Wildman–Crippen MR) is 59.1 cm³/mol. The molecule has 1 aliphatic heterocycles. The summed E-state index contributed by atoms with van der Waals surface area (Å²) in [6, 6.07) is 0. The SMILES string of the molecule is Cc1cn([C@H]2CC(O)=C(CO)O2)c(=O)nc1N. The molecule has 0 amide bonds. The lowest BCUT2D eigenvalue weighted by atomic mass is 10.3. The lowest BCUT2D eigenvalue weighted by Crippen LogP contribution is -2.28. The topological polar surface area (TPSA) is 111 Å². The van der Waals surface area contributed by atoms with Crippen molar-refractivity contribution >= 4 is 5.82 Å². The maximum Gasteiger partial charge on any atom is 0.352 e.